The average Bonchev–Trinajstić information content (AvgIpc) is 3.42. The van der Waals surface area contributed by atoms with Crippen LogP contribution in [-0.4, -0.2) is 41.2 Å². The van der Waals surface area contributed by atoms with Gasteiger partial charge in [-0.25, -0.2) is 0 Å². The minimum absolute atomic E-state index is 0.000313. The molecule has 9 nitrogen and oxygen atoms in total. The molecule has 0 unspecified atom stereocenters. The van der Waals surface area contributed by atoms with Gasteiger partial charge in [0.05, 0.1) is 25.5 Å². The molecule has 0 aliphatic heterocycles. The van der Waals surface area contributed by atoms with Crippen molar-refractivity contribution in [3.63, 3.8) is 0 Å². The van der Waals surface area contributed by atoms with E-state index < -0.39 is 0 Å². The van der Waals surface area contributed by atoms with Gasteiger partial charge in [-0.2, -0.15) is 5.10 Å². The zero-order chi connectivity index (χ0) is 19.2. The normalized spacial score (nSPS) is 12.9. The van der Waals surface area contributed by atoms with Gasteiger partial charge < -0.3 is 20.7 Å². The van der Waals surface area contributed by atoms with Gasteiger partial charge in [-0.3, -0.25) is 19.1 Å². The largest absolute Gasteiger partial charge is 0.497 e. The smallest absolute Gasteiger partial charge is 0.246 e. The van der Waals surface area contributed by atoms with E-state index >= 15 is 0 Å². The number of benzene rings is 1. The molecule has 1 saturated carbocycles. The van der Waals surface area contributed by atoms with Gasteiger partial charge in [0, 0.05) is 17.8 Å². The molecule has 3 amide bonds. The molecule has 27 heavy (non-hydrogen) atoms. The van der Waals surface area contributed by atoms with Crippen molar-refractivity contribution in [2.45, 2.75) is 19.4 Å². The SMILES string of the molecule is COc1ccc(NC(=O)Cn2cc(NC(=O)CNC(=O)C3CC3)cn2)cc1. The Kier molecular flexibility index (Phi) is 5.70. The van der Waals surface area contributed by atoms with Gasteiger partial charge >= 0.3 is 0 Å². The first-order valence-corrected chi connectivity index (χ1v) is 8.57. The predicted molar refractivity (Wildman–Crippen MR) is 98.2 cm³/mol. The lowest BCUT2D eigenvalue weighted by atomic mass is 10.3. The molecule has 3 N–H and O–H groups in total. The second kappa shape index (κ2) is 8.35. The standard InChI is InChI=1S/C18H21N5O4/c1-27-15-6-4-13(5-7-15)21-17(25)11-23-10-14(8-20-23)22-16(24)9-19-18(26)12-2-3-12/h4-8,10,12H,2-3,9,11H2,1H3,(H,19,26)(H,21,25)(H,22,24). The minimum atomic E-state index is -0.341. The quantitative estimate of drug-likeness (QED) is 0.640. The van der Waals surface area contributed by atoms with Crippen LogP contribution in [0.2, 0.25) is 0 Å². The molecule has 0 radical (unpaired) electrons. The number of rotatable bonds is 8. The molecule has 0 spiro atoms. The lowest BCUT2D eigenvalue weighted by molar-refractivity contribution is -0.125. The van der Waals surface area contributed by atoms with E-state index in [9.17, 15) is 14.4 Å². The maximum atomic E-state index is 12.1. The fourth-order valence-corrected chi connectivity index (χ4v) is 2.40. The number of ether oxygens (including phenoxy) is 1. The molecule has 1 fully saturated rings. The van der Waals surface area contributed by atoms with E-state index in [-0.39, 0.29) is 36.7 Å². The van der Waals surface area contributed by atoms with Crippen molar-refractivity contribution in [3.05, 3.63) is 36.7 Å². The zero-order valence-electron chi connectivity index (χ0n) is 14.9. The molecule has 1 aromatic heterocycles. The zero-order valence-corrected chi connectivity index (χ0v) is 14.9. The van der Waals surface area contributed by atoms with Gasteiger partial charge in [-0.05, 0) is 37.1 Å². The van der Waals surface area contributed by atoms with Crippen LogP contribution in [0.3, 0.4) is 0 Å². The highest BCUT2D eigenvalue weighted by Crippen LogP contribution is 2.28. The van der Waals surface area contributed by atoms with Crippen LogP contribution in [0.1, 0.15) is 12.8 Å². The highest BCUT2D eigenvalue weighted by atomic mass is 16.5. The van der Waals surface area contributed by atoms with E-state index in [1.54, 1.807) is 37.6 Å². The lowest BCUT2D eigenvalue weighted by Gasteiger charge is -2.06. The third-order valence-electron chi connectivity index (χ3n) is 3.97. The molecule has 0 bridgehead atoms. The molecule has 3 rings (SSSR count). The van der Waals surface area contributed by atoms with Gasteiger partial charge in [0.15, 0.2) is 0 Å². The van der Waals surface area contributed by atoms with Crippen molar-refractivity contribution in [1.82, 2.24) is 15.1 Å². The van der Waals surface area contributed by atoms with Crippen LogP contribution in [0.4, 0.5) is 11.4 Å². The number of amides is 3. The number of nitrogens with zero attached hydrogens (tertiary/aromatic N) is 2. The molecular weight excluding hydrogens is 350 g/mol. The van der Waals surface area contributed by atoms with E-state index in [1.807, 2.05) is 0 Å². The van der Waals surface area contributed by atoms with E-state index in [0.29, 0.717) is 17.1 Å². The third-order valence-corrected chi connectivity index (χ3v) is 3.97. The summed E-state index contributed by atoms with van der Waals surface area (Å²) in [6.45, 7) is -0.0845. The van der Waals surface area contributed by atoms with Crippen molar-refractivity contribution in [2.24, 2.45) is 5.92 Å². The Balaban J connectivity index is 1.44. The van der Waals surface area contributed by atoms with Crippen LogP contribution in [0.15, 0.2) is 36.7 Å². The Morgan fingerprint density at radius 3 is 2.48 bits per heavy atom. The summed E-state index contributed by atoms with van der Waals surface area (Å²) in [4.78, 5) is 35.4. The summed E-state index contributed by atoms with van der Waals surface area (Å²) in [7, 11) is 1.57. The van der Waals surface area contributed by atoms with E-state index in [2.05, 4.69) is 21.0 Å². The van der Waals surface area contributed by atoms with Crippen LogP contribution in [0, 0.1) is 5.92 Å². The summed E-state index contributed by atoms with van der Waals surface area (Å²) in [5.41, 5.74) is 1.10. The van der Waals surface area contributed by atoms with Crippen LogP contribution >= 0.6 is 0 Å². The highest BCUT2D eigenvalue weighted by Gasteiger charge is 2.29. The van der Waals surface area contributed by atoms with Crippen LogP contribution < -0.4 is 20.7 Å². The number of carbonyl (C=O) groups is 3. The molecular formula is C18H21N5O4. The topological polar surface area (TPSA) is 114 Å². The Morgan fingerprint density at radius 2 is 1.81 bits per heavy atom. The average molecular weight is 371 g/mol. The molecule has 1 aliphatic rings. The van der Waals surface area contributed by atoms with E-state index in [4.69, 9.17) is 4.74 Å². The highest BCUT2D eigenvalue weighted by molar-refractivity contribution is 5.95. The first-order chi connectivity index (χ1) is 13.0. The fourth-order valence-electron chi connectivity index (χ4n) is 2.40. The van der Waals surface area contributed by atoms with Gasteiger partial charge in [-0.15, -0.1) is 0 Å². The van der Waals surface area contributed by atoms with Crippen molar-refractivity contribution in [3.8, 4) is 5.75 Å². The molecule has 9 heteroatoms. The number of anilines is 2. The Bertz CT molecular complexity index is 827. The van der Waals surface area contributed by atoms with Crippen molar-refractivity contribution in [1.29, 1.82) is 0 Å². The van der Waals surface area contributed by atoms with E-state index in [1.165, 1.54) is 10.9 Å². The second-order valence-electron chi connectivity index (χ2n) is 6.24. The number of hydrogen-bond acceptors (Lipinski definition) is 5. The fraction of sp³-hybridized carbons (Fsp3) is 0.333. The van der Waals surface area contributed by atoms with Crippen LogP contribution in [0.5, 0.6) is 5.75 Å². The summed E-state index contributed by atoms with van der Waals surface area (Å²) in [6, 6.07) is 6.97. The molecule has 1 aromatic carbocycles. The molecule has 142 valence electrons. The number of hydrogen-bond donors (Lipinski definition) is 3. The monoisotopic (exact) mass is 371 g/mol. The molecule has 0 atom stereocenters. The predicted octanol–water partition coefficient (Wildman–Crippen LogP) is 0.995. The summed E-state index contributed by atoms with van der Waals surface area (Å²) < 4.78 is 6.48. The number of aromatic nitrogens is 2. The summed E-state index contributed by atoms with van der Waals surface area (Å²) >= 11 is 0. The summed E-state index contributed by atoms with van der Waals surface area (Å²) in [6.07, 6.45) is 4.77. The Hall–Kier alpha value is -3.36. The van der Waals surface area contributed by atoms with Gasteiger partial charge in [0.2, 0.25) is 17.7 Å². The van der Waals surface area contributed by atoms with Crippen molar-refractivity contribution >= 4 is 29.1 Å². The first kappa shape index (κ1) is 18.4. The van der Waals surface area contributed by atoms with Gasteiger partial charge in [-0.1, -0.05) is 0 Å². The molecule has 1 heterocycles. The maximum absolute atomic E-state index is 12.1. The number of nitrogens with one attached hydrogen (secondary N) is 3. The van der Waals surface area contributed by atoms with E-state index in [0.717, 1.165) is 12.8 Å². The van der Waals surface area contributed by atoms with Gasteiger partial charge in [0.25, 0.3) is 0 Å². The molecule has 1 aliphatic carbocycles. The maximum Gasteiger partial charge on any atom is 0.246 e. The van der Waals surface area contributed by atoms with Gasteiger partial charge in [0.1, 0.15) is 12.3 Å². The Morgan fingerprint density at radius 1 is 1.11 bits per heavy atom. The Labute approximate surface area is 156 Å². The third kappa shape index (κ3) is 5.56. The molecule has 2 aromatic rings. The van der Waals surface area contributed by atoms with Crippen molar-refractivity contribution in [2.75, 3.05) is 24.3 Å². The number of methoxy groups -OCH3 is 1. The summed E-state index contributed by atoms with van der Waals surface area (Å²) in [5.74, 6) is 0.0821. The summed E-state index contributed by atoms with van der Waals surface area (Å²) in [5, 5.41) is 12.0. The second-order valence-corrected chi connectivity index (χ2v) is 6.24. The lowest BCUT2D eigenvalue weighted by Crippen LogP contribution is -2.33. The molecule has 0 saturated heterocycles. The van der Waals surface area contributed by atoms with Crippen LogP contribution in [0.25, 0.3) is 0 Å². The first-order valence-electron chi connectivity index (χ1n) is 8.57. The number of carbonyl (C=O) groups excluding carboxylic acids is 3. The van der Waals surface area contributed by atoms with Crippen LogP contribution in [-0.2, 0) is 20.9 Å². The van der Waals surface area contributed by atoms with Crippen molar-refractivity contribution < 1.29 is 19.1 Å². The minimum Gasteiger partial charge on any atom is -0.497 e.